The molecule has 70 valence electrons. The van der Waals surface area contributed by atoms with Crippen LogP contribution in [0.4, 0.5) is 0 Å². The van der Waals surface area contributed by atoms with Crippen molar-refractivity contribution in [2.45, 2.75) is 6.92 Å². The molecule has 2 aromatic rings. The normalized spacial score (nSPS) is 10.1. The molecule has 0 aliphatic rings. The topological polar surface area (TPSA) is 17.1 Å². The molecule has 0 saturated heterocycles. The maximum absolute atomic E-state index is 11.9. The summed E-state index contributed by atoms with van der Waals surface area (Å²) < 4.78 is 0. The second-order valence-corrected chi connectivity index (χ2v) is 3.91. The van der Waals surface area contributed by atoms with Crippen molar-refractivity contribution in [3.05, 3.63) is 57.8 Å². The van der Waals surface area contributed by atoms with Gasteiger partial charge in [-0.15, -0.1) is 0 Å². The summed E-state index contributed by atoms with van der Waals surface area (Å²) in [7, 11) is 0. The van der Waals surface area contributed by atoms with Gasteiger partial charge in [0, 0.05) is 16.5 Å². The largest absolute Gasteiger partial charge is 0.289 e. The van der Waals surface area contributed by atoms with Crippen LogP contribution in [-0.2, 0) is 0 Å². The fourth-order valence-electron chi connectivity index (χ4n) is 1.34. The van der Waals surface area contributed by atoms with Crippen LogP contribution in [0.5, 0.6) is 0 Å². The second kappa shape index (κ2) is 3.76. The lowest BCUT2D eigenvalue weighted by Crippen LogP contribution is -2.00. The van der Waals surface area contributed by atoms with Crippen LogP contribution in [0, 0.1) is 6.92 Å². The summed E-state index contributed by atoms with van der Waals surface area (Å²) in [6, 6.07) is 9.38. The van der Waals surface area contributed by atoms with Gasteiger partial charge in [0.1, 0.15) is 0 Å². The quantitative estimate of drug-likeness (QED) is 0.683. The molecule has 0 radical (unpaired) electrons. The second-order valence-electron chi connectivity index (χ2n) is 3.16. The first kappa shape index (κ1) is 9.16. The van der Waals surface area contributed by atoms with E-state index in [9.17, 15) is 4.79 Å². The fourth-order valence-corrected chi connectivity index (χ4v) is 2.17. The maximum atomic E-state index is 11.9. The van der Waals surface area contributed by atoms with Crippen LogP contribution >= 0.6 is 11.3 Å². The monoisotopic (exact) mass is 202 g/mol. The molecule has 0 spiro atoms. The highest BCUT2D eigenvalue weighted by Crippen LogP contribution is 2.17. The lowest BCUT2D eigenvalue weighted by Gasteiger charge is -1.98. The minimum absolute atomic E-state index is 0.115. The number of carbonyl (C=O) groups excluding carboxylic acids is 1. The predicted molar refractivity (Wildman–Crippen MR) is 58.9 cm³/mol. The SMILES string of the molecule is Cc1cscc1C(=O)c1ccccc1. The van der Waals surface area contributed by atoms with Crippen molar-refractivity contribution in [1.29, 1.82) is 0 Å². The van der Waals surface area contributed by atoms with Crippen molar-refractivity contribution in [3.63, 3.8) is 0 Å². The van der Waals surface area contributed by atoms with Crippen LogP contribution in [0.15, 0.2) is 41.1 Å². The molecule has 0 amide bonds. The Labute approximate surface area is 87.0 Å². The van der Waals surface area contributed by atoms with Crippen LogP contribution in [0.25, 0.3) is 0 Å². The molecule has 0 bridgehead atoms. The Kier molecular flexibility index (Phi) is 2.46. The van der Waals surface area contributed by atoms with E-state index in [1.807, 2.05) is 48.0 Å². The summed E-state index contributed by atoms with van der Waals surface area (Å²) >= 11 is 1.57. The Bertz CT molecular complexity index is 442. The summed E-state index contributed by atoms with van der Waals surface area (Å²) in [5.41, 5.74) is 2.64. The number of carbonyl (C=O) groups is 1. The Morgan fingerprint density at radius 3 is 2.43 bits per heavy atom. The standard InChI is InChI=1S/C12H10OS/c1-9-7-14-8-11(9)12(13)10-5-3-2-4-6-10/h2-8H,1H3. The summed E-state index contributed by atoms with van der Waals surface area (Å²) in [4.78, 5) is 11.9. The number of hydrogen-bond donors (Lipinski definition) is 0. The average Bonchev–Trinajstić information content (AvgIpc) is 2.65. The van der Waals surface area contributed by atoms with Gasteiger partial charge in [0.15, 0.2) is 5.78 Å². The molecule has 1 aromatic heterocycles. The van der Waals surface area contributed by atoms with Crippen molar-refractivity contribution in [2.24, 2.45) is 0 Å². The number of ketones is 1. The molecule has 2 heteroatoms. The molecule has 14 heavy (non-hydrogen) atoms. The molecule has 0 saturated carbocycles. The van der Waals surface area contributed by atoms with Crippen LogP contribution in [0.1, 0.15) is 21.5 Å². The van der Waals surface area contributed by atoms with Gasteiger partial charge < -0.3 is 0 Å². The summed E-state index contributed by atoms with van der Waals surface area (Å²) in [5.74, 6) is 0.115. The van der Waals surface area contributed by atoms with Gasteiger partial charge in [-0.2, -0.15) is 11.3 Å². The molecule has 1 nitrogen and oxygen atoms in total. The molecule has 0 unspecified atom stereocenters. The van der Waals surface area contributed by atoms with Gasteiger partial charge in [-0.05, 0) is 17.9 Å². The highest BCUT2D eigenvalue weighted by molar-refractivity contribution is 7.08. The predicted octanol–water partition coefficient (Wildman–Crippen LogP) is 3.29. The molecular weight excluding hydrogens is 192 g/mol. The Morgan fingerprint density at radius 2 is 1.86 bits per heavy atom. The Balaban J connectivity index is 2.39. The highest BCUT2D eigenvalue weighted by atomic mass is 32.1. The van der Waals surface area contributed by atoms with E-state index in [0.29, 0.717) is 0 Å². The minimum atomic E-state index is 0.115. The van der Waals surface area contributed by atoms with Crippen molar-refractivity contribution >= 4 is 17.1 Å². The molecule has 1 heterocycles. The Hall–Kier alpha value is -1.41. The van der Waals surface area contributed by atoms with Crippen molar-refractivity contribution in [1.82, 2.24) is 0 Å². The number of aryl methyl sites for hydroxylation is 1. The van der Waals surface area contributed by atoms with Gasteiger partial charge in [-0.3, -0.25) is 4.79 Å². The van der Waals surface area contributed by atoms with E-state index in [2.05, 4.69) is 0 Å². The molecule has 0 aliphatic carbocycles. The lowest BCUT2D eigenvalue weighted by molar-refractivity contribution is 0.103. The number of benzene rings is 1. The molecule has 0 aliphatic heterocycles. The van der Waals surface area contributed by atoms with E-state index >= 15 is 0 Å². The fraction of sp³-hybridized carbons (Fsp3) is 0.0833. The zero-order valence-corrected chi connectivity index (χ0v) is 8.67. The third-order valence-electron chi connectivity index (χ3n) is 2.14. The van der Waals surface area contributed by atoms with E-state index in [0.717, 1.165) is 16.7 Å². The zero-order chi connectivity index (χ0) is 9.97. The number of thiophene rings is 1. The molecule has 0 atom stereocenters. The number of rotatable bonds is 2. The van der Waals surface area contributed by atoms with E-state index in [4.69, 9.17) is 0 Å². The molecule has 1 aromatic carbocycles. The van der Waals surface area contributed by atoms with Gasteiger partial charge in [-0.25, -0.2) is 0 Å². The van der Waals surface area contributed by atoms with Crippen LogP contribution < -0.4 is 0 Å². The maximum Gasteiger partial charge on any atom is 0.194 e. The zero-order valence-electron chi connectivity index (χ0n) is 7.86. The van der Waals surface area contributed by atoms with Crippen molar-refractivity contribution < 1.29 is 4.79 Å². The first-order chi connectivity index (χ1) is 6.79. The minimum Gasteiger partial charge on any atom is -0.289 e. The summed E-state index contributed by atoms with van der Waals surface area (Å²) in [5, 5.41) is 3.90. The molecule has 0 fully saturated rings. The highest BCUT2D eigenvalue weighted by Gasteiger charge is 2.11. The van der Waals surface area contributed by atoms with E-state index in [1.165, 1.54) is 0 Å². The van der Waals surface area contributed by atoms with Gasteiger partial charge in [0.05, 0.1) is 0 Å². The summed E-state index contributed by atoms with van der Waals surface area (Å²) in [6.45, 7) is 1.96. The smallest absolute Gasteiger partial charge is 0.194 e. The van der Waals surface area contributed by atoms with Gasteiger partial charge in [0.25, 0.3) is 0 Å². The average molecular weight is 202 g/mol. The Morgan fingerprint density at radius 1 is 1.14 bits per heavy atom. The van der Waals surface area contributed by atoms with E-state index in [-0.39, 0.29) is 5.78 Å². The summed E-state index contributed by atoms with van der Waals surface area (Å²) in [6.07, 6.45) is 0. The molecular formula is C12H10OS. The van der Waals surface area contributed by atoms with Gasteiger partial charge >= 0.3 is 0 Å². The van der Waals surface area contributed by atoms with E-state index < -0.39 is 0 Å². The van der Waals surface area contributed by atoms with Gasteiger partial charge in [0.2, 0.25) is 0 Å². The molecule has 0 N–H and O–H groups in total. The first-order valence-electron chi connectivity index (χ1n) is 4.41. The number of hydrogen-bond acceptors (Lipinski definition) is 2. The van der Waals surface area contributed by atoms with Crippen molar-refractivity contribution in [3.8, 4) is 0 Å². The lowest BCUT2D eigenvalue weighted by atomic mass is 10.0. The van der Waals surface area contributed by atoms with Crippen LogP contribution in [0.2, 0.25) is 0 Å². The third kappa shape index (κ3) is 1.61. The first-order valence-corrected chi connectivity index (χ1v) is 5.36. The van der Waals surface area contributed by atoms with Gasteiger partial charge in [-0.1, -0.05) is 30.3 Å². The van der Waals surface area contributed by atoms with Crippen LogP contribution in [-0.4, -0.2) is 5.78 Å². The third-order valence-corrected chi connectivity index (χ3v) is 3.00. The molecule has 2 rings (SSSR count). The van der Waals surface area contributed by atoms with Crippen molar-refractivity contribution in [2.75, 3.05) is 0 Å². The van der Waals surface area contributed by atoms with E-state index in [1.54, 1.807) is 11.3 Å². The van der Waals surface area contributed by atoms with Crippen LogP contribution in [0.3, 0.4) is 0 Å².